The number of thioether (sulfide) groups is 1. The molecule has 0 bridgehead atoms. The zero-order valence-corrected chi connectivity index (χ0v) is 11.9. The van der Waals surface area contributed by atoms with Crippen LogP contribution in [0, 0.1) is 6.92 Å². The first kappa shape index (κ1) is 13.1. The molecule has 0 radical (unpaired) electrons. The third-order valence-electron chi connectivity index (χ3n) is 2.79. The van der Waals surface area contributed by atoms with E-state index in [-0.39, 0.29) is 0 Å². The lowest BCUT2D eigenvalue weighted by atomic mass is 10.1. The number of nitrogen functional groups attached to an aromatic ring is 1. The Morgan fingerprint density at radius 2 is 2.06 bits per heavy atom. The highest BCUT2D eigenvalue weighted by Crippen LogP contribution is 2.32. The third kappa shape index (κ3) is 2.75. The van der Waals surface area contributed by atoms with E-state index in [0.717, 1.165) is 41.7 Å². The first-order valence-corrected chi connectivity index (χ1v) is 7.30. The van der Waals surface area contributed by atoms with E-state index in [1.54, 1.807) is 11.8 Å². The molecule has 1 aromatic heterocycles. The fourth-order valence-corrected chi connectivity index (χ4v) is 2.45. The van der Waals surface area contributed by atoms with Crippen LogP contribution in [0.5, 0.6) is 0 Å². The molecule has 2 rings (SSSR count). The average molecular weight is 265 g/mol. The van der Waals surface area contributed by atoms with Gasteiger partial charge in [-0.25, -0.2) is 4.98 Å². The number of nitrogens with zero attached hydrogens (tertiary/aromatic N) is 4. The number of aryl methyl sites for hydroxylation is 1. The average Bonchev–Trinajstić information content (AvgIpc) is 3.07. The van der Waals surface area contributed by atoms with Crippen LogP contribution in [0.15, 0.2) is 5.10 Å². The van der Waals surface area contributed by atoms with Crippen molar-refractivity contribution in [3.8, 4) is 0 Å². The number of amidine groups is 1. The molecule has 18 heavy (non-hydrogen) atoms. The van der Waals surface area contributed by atoms with Gasteiger partial charge in [-0.15, -0.1) is 5.10 Å². The minimum atomic E-state index is 0.325. The van der Waals surface area contributed by atoms with Gasteiger partial charge < -0.3 is 5.73 Å². The standard InChI is InChI=1S/C12H19N5S/c1-4-6-7-9-8(3)14-11(13)15-10(9)17-12(16-17)18-5-2/h4-7H2,1-3H3,(H2,13,14,15). The number of hydrogen-bond donors (Lipinski definition) is 1. The van der Waals surface area contributed by atoms with Crippen molar-refractivity contribution in [2.24, 2.45) is 5.10 Å². The van der Waals surface area contributed by atoms with Crippen LogP contribution in [0.3, 0.4) is 0 Å². The summed E-state index contributed by atoms with van der Waals surface area (Å²) in [5.74, 6) is 2.20. The maximum Gasteiger partial charge on any atom is 0.222 e. The van der Waals surface area contributed by atoms with E-state index in [2.05, 4.69) is 28.9 Å². The molecule has 0 fully saturated rings. The fourth-order valence-electron chi connectivity index (χ4n) is 1.84. The normalized spacial score (nSPS) is 13.7. The monoisotopic (exact) mass is 265 g/mol. The number of rotatable bonds is 5. The van der Waals surface area contributed by atoms with Gasteiger partial charge in [-0.2, -0.15) is 9.99 Å². The SMILES string of the molecule is CCCCc1c(C)nc(N)nc1N1N=C1SCC. The van der Waals surface area contributed by atoms with E-state index in [1.165, 1.54) is 5.56 Å². The maximum atomic E-state index is 5.74. The van der Waals surface area contributed by atoms with Crippen LogP contribution in [-0.2, 0) is 6.42 Å². The number of hydrogen-bond acceptors (Lipinski definition) is 6. The van der Waals surface area contributed by atoms with E-state index >= 15 is 0 Å². The predicted molar refractivity (Wildman–Crippen MR) is 77.8 cm³/mol. The van der Waals surface area contributed by atoms with Crippen LogP contribution in [0.4, 0.5) is 11.8 Å². The van der Waals surface area contributed by atoms with Crippen LogP contribution in [-0.4, -0.2) is 20.9 Å². The molecule has 5 nitrogen and oxygen atoms in total. The minimum absolute atomic E-state index is 0.325. The Labute approximate surface area is 112 Å². The van der Waals surface area contributed by atoms with Gasteiger partial charge in [-0.05, 0) is 25.5 Å². The van der Waals surface area contributed by atoms with Crippen molar-refractivity contribution in [2.75, 3.05) is 16.5 Å². The van der Waals surface area contributed by atoms with Gasteiger partial charge >= 0.3 is 0 Å². The van der Waals surface area contributed by atoms with Crippen molar-refractivity contribution in [3.05, 3.63) is 11.3 Å². The molecule has 0 saturated carbocycles. The fraction of sp³-hybridized carbons (Fsp3) is 0.583. The molecule has 0 spiro atoms. The number of anilines is 2. The Kier molecular flexibility index (Phi) is 4.06. The predicted octanol–water partition coefficient (Wildman–Crippen LogP) is 2.55. The molecule has 6 heteroatoms. The Morgan fingerprint density at radius 3 is 2.72 bits per heavy atom. The summed E-state index contributed by atoms with van der Waals surface area (Å²) < 4.78 is 0. The smallest absolute Gasteiger partial charge is 0.222 e. The lowest BCUT2D eigenvalue weighted by Gasteiger charge is -2.11. The van der Waals surface area contributed by atoms with Crippen molar-refractivity contribution >= 4 is 28.7 Å². The van der Waals surface area contributed by atoms with Crippen molar-refractivity contribution in [1.82, 2.24) is 9.97 Å². The summed E-state index contributed by atoms with van der Waals surface area (Å²) in [6.45, 7) is 6.28. The minimum Gasteiger partial charge on any atom is -0.368 e. The number of unbranched alkanes of at least 4 members (excludes halogenated alkanes) is 1. The van der Waals surface area contributed by atoms with Gasteiger partial charge in [-0.1, -0.05) is 32.0 Å². The summed E-state index contributed by atoms with van der Waals surface area (Å²) in [4.78, 5) is 8.60. The van der Waals surface area contributed by atoms with Crippen LogP contribution in [0.2, 0.25) is 0 Å². The molecule has 2 heterocycles. The molecular weight excluding hydrogens is 246 g/mol. The molecule has 0 aromatic carbocycles. The number of hydrazone groups is 1. The number of aromatic nitrogens is 2. The van der Waals surface area contributed by atoms with Crippen molar-refractivity contribution in [3.63, 3.8) is 0 Å². The summed E-state index contributed by atoms with van der Waals surface area (Å²) in [5.41, 5.74) is 7.87. The Balaban J connectivity index is 2.22. The number of nitrogens with two attached hydrogens (primary N) is 1. The first-order chi connectivity index (χ1) is 8.67. The molecule has 1 aliphatic heterocycles. The van der Waals surface area contributed by atoms with Gasteiger partial charge in [0.15, 0.2) is 5.82 Å². The molecule has 0 unspecified atom stereocenters. The maximum absolute atomic E-state index is 5.74. The highest BCUT2D eigenvalue weighted by atomic mass is 32.2. The second-order valence-electron chi connectivity index (χ2n) is 4.20. The molecule has 98 valence electrons. The Bertz CT molecular complexity index is 472. The second kappa shape index (κ2) is 5.56. The summed E-state index contributed by atoms with van der Waals surface area (Å²) in [7, 11) is 0. The van der Waals surface area contributed by atoms with Crippen LogP contribution < -0.4 is 10.7 Å². The van der Waals surface area contributed by atoms with E-state index < -0.39 is 0 Å². The van der Waals surface area contributed by atoms with E-state index in [0.29, 0.717) is 5.95 Å². The second-order valence-corrected chi connectivity index (χ2v) is 5.43. The van der Waals surface area contributed by atoms with Gasteiger partial charge in [0.05, 0.1) is 0 Å². The summed E-state index contributed by atoms with van der Waals surface area (Å²) in [5, 5.41) is 7.23. The highest BCUT2D eigenvalue weighted by Gasteiger charge is 2.30. The first-order valence-electron chi connectivity index (χ1n) is 6.31. The van der Waals surface area contributed by atoms with Crippen molar-refractivity contribution in [2.45, 2.75) is 40.0 Å². The zero-order valence-electron chi connectivity index (χ0n) is 11.1. The zero-order chi connectivity index (χ0) is 13.1. The molecule has 1 aromatic rings. The molecule has 0 amide bonds. The highest BCUT2D eigenvalue weighted by molar-refractivity contribution is 8.14. The lowest BCUT2D eigenvalue weighted by Crippen LogP contribution is -2.11. The van der Waals surface area contributed by atoms with Crippen molar-refractivity contribution in [1.29, 1.82) is 0 Å². The lowest BCUT2D eigenvalue weighted by molar-refractivity contribution is 0.782. The summed E-state index contributed by atoms with van der Waals surface area (Å²) >= 11 is 1.72. The largest absolute Gasteiger partial charge is 0.368 e. The molecule has 0 saturated heterocycles. The van der Waals surface area contributed by atoms with E-state index in [4.69, 9.17) is 5.73 Å². The molecule has 0 aliphatic carbocycles. The third-order valence-corrected chi connectivity index (χ3v) is 3.59. The topological polar surface area (TPSA) is 67.2 Å². The quantitative estimate of drug-likeness (QED) is 0.886. The van der Waals surface area contributed by atoms with Crippen molar-refractivity contribution < 1.29 is 0 Å². The van der Waals surface area contributed by atoms with E-state index in [9.17, 15) is 0 Å². The van der Waals surface area contributed by atoms with Gasteiger partial charge in [0, 0.05) is 11.3 Å². The molecular formula is C12H19N5S. The van der Waals surface area contributed by atoms with Crippen LogP contribution >= 0.6 is 11.8 Å². The molecule has 1 aliphatic rings. The molecule has 2 N–H and O–H groups in total. The Hall–Kier alpha value is -1.30. The van der Waals surface area contributed by atoms with E-state index in [1.807, 2.05) is 11.9 Å². The van der Waals surface area contributed by atoms with Gasteiger partial charge in [-0.3, -0.25) is 0 Å². The Morgan fingerprint density at radius 1 is 1.28 bits per heavy atom. The summed E-state index contributed by atoms with van der Waals surface area (Å²) in [6.07, 6.45) is 3.26. The van der Waals surface area contributed by atoms with Gasteiger partial charge in [0.1, 0.15) is 0 Å². The van der Waals surface area contributed by atoms with Gasteiger partial charge in [0.25, 0.3) is 0 Å². The molecule has 0 atom stereocenters. The van der Waals surface area contributed by atoms with Gasteiger partial charge in [0.2, 0.25) is 11.1 Å². The van der Waals surface area contributed by atoms with Crippen LogP contribution in [0.1, 0.15) is 37.9 Å². The van der Waals surface area contributed by atoms with Crippen LogP contribution in [0.25, 0.3) is 0 Å². The summed E-state index contributed by atoms with van der Waals surface area (Å²) in [6, 6.07) is 0.